The number of aromatic hydroxyl groups is 1. The first-order chi connectivity index (χ1) is 7.68. The highest BCUT2D eigenvalue weighted by Crippen LogP contribution is 2.30. The molecule has 82 valence electrons. The minimum atomic E-state index is -0.918. The lowest BCUT2D eigenvalue weighted by Crippen LogP contribution is -2.02. The summed E-state index contributed by atoms with van der Waals surface area (Å²) in [5, 5.41) is 19.7. The molecule has 0 fully saturated rings. The Balaban J connectivity index is 2.41. The van der Waals surface area contributed by atoms with Crippen LogP contribution in [0.1, 0.15) is 17.4 Å². The summed E-state index contributed by atoms with van der Waals surface area (Å²) in [6.45, 7) is 0. The number of aromatic nitrogens is 1. The van der Waals surface area contributed by atoms with Gasteiger partial charge in [-0.1, -0.05) is 22.0 Å². The van der Waals surface area contributed by atoms with E-state index in [2.05, 4.69) is 20.9 Å². The van der Waals surface area contributed by atoms with Crippen molar-refractivity contribution in [2.75, 3.05) is 0 Å². The first-order valence-corrected chi connectivity index (χ1v) is 5.55. The monoisotopic (exact) mass is 279 g/mol. The Bertz CT molecular complexity index is 488. The average molecular weight is 280 g/mol. The molecule has 0 aliphatic carbocycles. The summed E-state index contributed by atoms with van der Waals surface area (Å²) in [6, 6.07) is 10.2. The third kappa shape index (κ3) is 2.23. The lowest BCUT2D eigenvalue weighted by molar-refractivity contribution is 0.210. The zero-order valence-corrected chi connectivity index (χ0v) is 9.92. The molecule has 1 aromatic carbocycles. The molecule has 16 heavy (non-hydrogen) atoms. The molecule has 2 aromatic rings. The Morgan fingerprint density at radius 3 is 2.69 bits per heavy atom. The maximum atomic E-state index is 10.1. The predicted molar refractivity (Wildman–Crippen MR) is 64.1 cm³/mol. The Hall–Kier alpha value is -1.39. The molecule has 1 heterocycles. The van der Waals surface area contributed by atoms with Gasteiger partial charge in [-0.25, -0.2) is 0 Å². The van der Waals surface area contributed by atoms with Crippen molar-refractivity contribution in [2.45, 2.75) is 6.10 Å². The van der Waals surface area contributed by atoms with Crippen LogP contribution in [-0.2, 0) is 0 Å². The average Bonchev–Trinajstić information content (AvgIpc) is 2.32. The topological polar surface area (TPSA) is 53.4 Å². The van der Waals surface area contributed by atoms with Crippen LogP contribution in [0, 0.1) is 0 Å². The first-order valence-electron chi connectivity index (χ1n) is 4.76. The standard InChI is InChI=1S/C12H10BrNO2/c13-8-4-5-11(15)9(7-8)12(16)10-3-1-2-6-14-10/h1-7,12,15-16H. The van der Waals surface area contributed by atoms with E-state index in [4.69, 9.17) is 0 Å². The van der Waals surface area contributed by atoms with Crippen LogP contribution >= 0.6 is 15.9 Å². The van der Waals surface area contributed by atoms with E-state index in [0.717, 1.165) is 4.47 Å². The maximum absolute atomic E-state index is 10.1. The van der Waals surface area contributed by atoms with Gasteiger partial charge in [-0.2, -0.15) is 0 Å². The molecule has 0 radical (unpaired) electrons. The fourth-order valence-corrected chi connectivity index (χ4v) is 1.82. The summed E-state index contributed by atoms with van der Waals surface area (Å²) in [7, 11) is 0. The molecule has 0 spiro atoms. The van der Waals surface area contributed by atoms with Crippen LogP contribution in [0.4, 0.5) is 0 Å². The predicted octanol–water partition coefficient (Wildman–Crippen LogP) is 2.63. The SMILES string of the molecule is Oc1ccc(Br)cc1C(O)c1ccccn1. The van der Waals surface area contributed by atoms with Gasteiger partial charge in [0.25, 0.3) is 0 Å². The summed E-state index contributed by atoms with van der Waals surface area (Å²) in [6.07, 6.45) is 0.687. The smallest absolute Gasteiger partial charge is 0.125 e. The van der Waals surface area contributed by atoms with Crippen molar-refractivity contribution >= 4 is 15.9 Å². The second-order valence-corrected chi connectivity index (χ2v) is 4.28. The molecule has 0 bridgehead atoms. The van der Waals surface area contributed by atoms with E-state index in [9.17, 15) is 10.2 Å². The van der Waals surface area contributed by atoms with Crippen molar-refractivity contribution in [2.24, 2.45) is 0 Å². The second kappa shape index (κ2) is 4.63. The van der Waals surface area contributed by atoms with Crippen molar-refractivity contribution in [3.63, 3.8) is 0 Å². The summed E-state index contributed by atoms with van der Waals surface area (Å²) in [5.74, 6) is 0.0568. The van der Waals surface area contributed by atoms with Crippen LogP contribution in [0.25, 0.3) is 0 Å². The Morgan fingerprint density at radius 1 is 1.19 bits per heavy atom. The van der Waals surface area contributed by atoms with E-state index in [1.807, 2.05) is 0 Å². The summed E-state index contributed by atoms with van der Waals surface area (Å²) in [5.41, 5.74) is 0.948. The van der Waals surface area contributed by atoms with E-state index >= 15 is 0 Å². The van der Waals surface area contributed by atoms with Crippen LogP contribution in [0.5, 0.6) is 5.75 Å². The lowest BCUT2D eigenvalue weighted by Gasteiger charge is -2.12. The quantitative estimate of drug-likeness (QED) is 0.889. The fraction of sp³-hybridized carbons (Fsp3) is 0.0833. The molecule has 2 rings (SSSR count). The maximum Gasteiger partial charge on any atom is 0.125 e. The van der Waals surface area contributed by atoms with Gasteiger partial charge in [0.1, 0.15) is 11.9 Å². The molecule has 0 saturated heterocycles. The van der Waals surface area contributed by atoms with Gasteiger partial charge < -0.3 is 10.2 Å². The van der Waals surface area contributed by atoms with Gasteiger partial charge in [0, 0.05) is 16.2 Å². The number of aliphatic hydroxyl groups excluding tert-OH is 1. The fourth-order valence-electron chi connectivity index (χ4n) is 1.44. The van der Waals surface area contributed by atoms with Crippen LogP contribution in [0.3, 0.4) is 0 Å². The third-order valence-electron chi connectivity index (χ3n) is 2.25. The van der Waals surface area contributed by atoms with E-state index in [0.29, 0.717) is 11.3 Å². The highest BCUT2D eigenvalue weighted by molar-refractivity contribution is 9.10. The normalized spacial score (nSPS) is 12.4. The van der Waals surface area contributed by atoms with E-state index in [1.165, 1.54) is 6.07 Å². The number of nitrogens with zero attached hydrogens (tertiary/aromatic N) is 1. The Labute approximate surface area is 102 Å². The Morgan fingerprint density at radius 2 is 2.00 bits per heavy atom. The summed E-state index contributed by atoms with van der Waals surface area (Å²) < 4.78 is 0.801. The van der Waals surface area contributed by atoms with Crippen molar-refractivity contribution in [1.82, 2.24) is 4.98 Å². The van der Waals surface area contributed by atoms with Crippen LogP contribution in [0.2, 0.25) is 0 Å². The van der Waals surface area contributed by atoms with E-state index in [-0.39, 0.29) is 5.75 Å². The molecule has 4 heteroatoms. The number of phenolic OH excluding ortho intramolecular Hbond substituents is 1. The number of phenols is 1. The number of pyridine rings is 1. The van der Waals surface area contributed by atoms with Crippen LogP contribution in [-0.4, -0.2) is 15.2 Å². The minimum Gasteiger partial charge on any atom is -0.508 e. The Kier molecular flexibility index (Phi) is 3.22. The molecule has 3 nitrogen and oxygen atoms in total. The number of aliphatic hydroxyl groups is 1. The molecule has 1 atom stereocenters. The third-order valence-corrected chi connectivity index (χ3v) is 2.75. The van der Waals surface area contributed by atoms with Crippen molar-refractivity contribution < 1.29 is 10.2 Å². The molecule has 0 amide bonds. The van der Waals surface area contributed by atoms with E-state index in [1.54, 1.807) is 36.5 Å². The van der Waals surface area contributed by atoms with Crippen molar-refractivity contribution in [3.05, 3.63) is 58.3 Å². The highest BCUT2D eigenvalue weighted by atomic mass is 79.9. The zero-order chi connectivity index (χ0) is 11.5. The van der Waals surface area contributed by atoms with Gasteiger partial charge in [0.15, 0.2) is 0 Å². The van der Waals surface area contributed by atoms with Gasteiger partial charge in [0.2, 0.25) is 0 Å². The number of rotatable bonds is 2. The minimum absolute atomic E-state index is 0.0568. The molecule has 0 saturated carbocycles. The van der Waals surface area contributed by atoms with Gasteiger partial charge in [-0.05, 0) is 30.3 Å². The summed E-state index contributed by atoms with van der Waals surface area (Å²) in [4.78, 5) is 4.05. The van der Waals surface area contributed by atoms with Crippen molar-refractivity contribution in [1.29, 1.82) is 0 Å². The number of hydrogen-bond donors (Lipinski definition) is 2. The molecular weight excluding hydrogens is 270 g/mol. The molecule has 1 aromatic heterocycles. The van der Waals surface area contributed by atoms with Crippen LogP contribution < -0.4 is 0 Å². The second-order valence-electron chi connectivity index (χ2n) is 3.36. The van der Waals surface area contributed by atoms with Crippen molar-refractivity contribution in [3.8, 4) is 5.75 Å². The number of benzene rings is 1. The van der Waals surface area contributed by atoms with Gasteiger partial charge in [0.05, 0.1) is 5.69 Å². The number of halogens is 1. The van der Waals surface area contributed by atoms with Gasteiger partial charge >= 0.3 is 0 Å². The molecule has 1 unspecified atom stereocenters. The number of hydrogen-bond acceptors (Lipinski definition) is 3. The van der Waals surface area contributed by atoms with Gasteiger partial charge in [-0.3, -0.25) is 4.98 Å². The molecular formula is C12H10BrNO2. The highest BCUT2D eigenvalue weighted by Gasteiger charge is 2.15. The molecule has 0 aliphatic rings. The lowest BCUT2D eigenvalue weighted by atomic mass is 10.1. The largest absolute Gasteiger partial charge is 0.508 e. The zero-order valence-electron chi connectivity index (χ0n) is 8.34. The summed E-state index contributed by atoms with van der Waals surface area (Å²) >= 11 is 3.29. The first kappa shape index (κ1) is 11.1. The molecule has 2 N–H and O–H groups in total. The van der Waals surface area contributed by atoms with E-state index < -0.39 is 6.10 Å². The van der Waals surface area contributed by atoms with Gasteiger partial charge in [-0.15, -0.1) is 0 Å². The molecule has 0 aliphatic heterocycles. The van der Waals surface area contributed by atoms with Crippen LogP contribution in [0.15, 0.2) is 47.1 Å².